The number of hydrogen-bond donors (Lipinski definition) is 1. The van der Waals surface area contributed by atoms with E-state index in [2.05, 4.69) is 9.88 Å². The first kappa shape index (κ1) is 23.1. The molecule has 0 spiro atoms. The van der Waals surface area contributed by atoms with Gasteiger partial charge in [0.15, 0.2) is 6.61 Å². The maximum Gasteiger partial charge on any atom is 0.422 e. The Morgan fingerprint density at radius 1 is 1.10 bits per heavy atom. The number of anilines is 1. The van der Waals surface area contributed by atoms with E-state index in [9.17, 15) is 27.2 Å². The summed E-state index contributed by atoms with van der Waals surface area (Å²) in [5, 5.41) is -0.0592. The number of nitrogens with one attached hydrogen (secondary N) is 1. The van der Waals surface area contributed by atoms with Crippen molar-refractivity contribution in [3.63, 3.8) is 0 Å². The van der Waals surface area contributed by atoms with Crippen LogP contribution in [0.5, 0.6) is 5.75 Å². The Morgan fingerprint density at radius 2 is 1.81 bits per heavy atom. The van der Waals surface area contributed by atoms with Crippen LogP contribution in [0.15, 0.2) is 34.0 Å². The van der Waals surface area contributed by atoms with Gasteiger partial charge in [0, 0.05) is 45.0 Å². The van der Waals surface area contributed by atoms with Crippen LogP contribution in [-0.4, -0.2) is 60.0 Å². The normalized spacial score (nSPS) is 15.3. The number of halogens is 5. The minimum absolute atomic E-state index is 0.0592. The first-order valence-electron chi connectivity index (χ1n) is 9.58. The summed E-state index contributed by atoms with van der Waals surface area (Å²) in [5.74, 6) is -0.823. The number of ether oxygens (including phenoxy) is 1. The number of nitrogens with zero attached hydrogens (tertiary/aromatic N) is 3. The van der Waals surface area contributed by atoms with Crippen LogP contribution in [0.2, 0.25) is 5.02 Å². The van der Waals surface area contributed by atoms with Gasteiger partial charge in [-0.3, -0.25) is 14.3 Å². The molecular weight excluding hydrogens is 444 g/mol. The number of hydrogen-bond acceptors (Lipinski definition) is 5. The molecule has 1 aliphatic rings. The molecule has 1 aromatic heterocycles. The van der Waals surface area contributed by atoms with Gasteiger partial charge in [-0.2, -0.15) is 13.2 Å². The Kier molecular flexibility index (Phi) is 7.26. The fraction of sp³-hybridized carbons (Fsp3) is 0.474. The molecule has 0 saturated carbocycles. The van der Waals surface area contributed by atoms with Crippen molar-refractivity contribution < 1.29 is 22.3 Å². The van der Waals surface area contributed by atoms with Gasteiger partial charge in [0.05, 0.1) is 5.69 Å². The van der Waals surface area contributed by atoms with Gasteiger partial charge in [-0.15, -0.1) is 0 Å². The molecule has 7 nitrogen and oxygen atoms in total. The lowest BCUT2D eigenvalue weighted by Crippen LogP contribution is -2.47. The number of rotatable bonds is 7. The second-order valence-electron chi connectivity index (χ2n) is 7.10. The highest BCUT2D eigenvalue weighted by Crippen LogP contribution is 2.31. The number of H-pyrrole nitrogens is 1. The lowest BCUT2D eigenvalue weighted by molar-refractivity contribution is -0.153. The molecule has 0 unspecified atom stereocenters. The number of aromatic nitrogens is 2. The topological polar surface area (TPSA) is 70.6 Å². The highest BCUT2D eigenvalue weighted by atomic mass is 35.5. The minimum Gasteiger partial charge on any atom is -0.482 e. The summed E-state index contributed by atoms with van der Waals surface area (Å²) >= 11 is 5.74. The first-order valence-corrected chi connectivity index (χ1v) is 9.96. The van der Waals surface area contributed by atoms with Crippen LogP contribution >= 0.6 is 11.6 Å². The van der Waals surface area contributed by atoms with Crippen LogP contribution in [0.4, 0.5) is 23.2 Å². The predicted molar refractivity (Wildman–Crippen MR) is 108 cm³/mol. The van der Waals surface area contributed by atoms with E-state index in [-0.39, 0.29) is 17.3 Å². The lowest BCUT2D eigenvalue weighted by atomic mass is 10.2. The van der Waals surface area contributed by atoms with Crippen molar-refractivity contribution in [2.75, 3.05) is 44.2 Å². The van der Waals surface area contributed by atoms with Crippen LogP contribution in [0.3, 0.4) is 0 Å². The van der Waals surface area contributed by atoms with Gasteiger partial charge >= 0.3 is 11.9 Å². The second-order valence-corrected chi connectivity index (χ2v) is 7.50. The molecule has 2 heterocycles. The summed E-state index contributed by atoms with van der Waals surface area (Å²) in [6, 6.07) is 3.55. The van der Waals surface area contributed by atoms with Crippen molar-refractivity contribution in [1.82, 2.24) is 14.5 Å². The van der Waals surface area contributed by atoms with E-state index in [1.54, 1.807) is 0 Å². The quantitative estimate of drug-likeness (QED) is 0.638. The van der Waals surface area contributed by atoms with Crippen LogP contribution in [-0.2, 0) is 6.54 Å². The molecule has 0 aliphatic carbocycles. The van der Waals surface area contributed by atoms with Gasteiger partial charge in [0.25, 0.3) is 5.56 Å². The molecule has 12 heteroatoms. The van der Waals surface area contributed by atoms with Gasteiger partial charge in [0.2, 0.25) is 0 Å². The Hall–Kier alpha value is -2.53. The Labute approximate surface area is 179 Å². The molecular formula is C19H21ClF4N4O3. The van der Waals surface area contributed by atoms with Crippen LogP contribution < -0.4 is 20.9 Å². The van der Waals surface area contributed by atoms with E-state index in [0.29, 0.717) is 44.8 Å². The highest BCUT2D eigenvalue weighted by Gasteiger charge is 2.29. The average molecular weight is 465 g/mol. The summed E-state index contributed by atoms with van der Waals surface area (Å²) < 4.78 is 56.8. The second kappa shape index (κ2) is 9.73. The number of piperazine rings is 1. The molecule has 3 rings (SSSR count). The lowest BCUT2D eigenvalue weighted by Gasteiger charge is -2.36. The molecule has 1 N–H and O–H groups in total. The van der Waals surface area contributed by atoms with Crippen molar-refractivity contribution in [2.24, 2.45) is 0 Å². The van der Waals surface area contributed by atoms with E-state index in [1.165, 1.54) is 12.1 Å². The van der Waals surface area contributed by atoms with E-state index in [1.807, 2.05) is 4.90 Å². The third-order valence-electron chi connectivity index (χ3n) is 4.90. The van der Waals surface area contributed by atoms with Gasteiger partial charge < -0.3 is 14.6 Å². The molecule has 0 atom stereocenters. The van der Waals surface area contributed by atoms with E-state index in [4.69, 9.17) is 16.3 Å². The third-order valence-corrected chi connectivity index (χ3v) is 5.17. The smallest absolute Gasteiger partial charge is 0.422 e. The summed E-state index contributed by atoms with van der Waals surface area (Å²) in [7, 11) is 0. The molecule has 0 radical (unpaired) electrons. The molecule has 0 bridgehead atoms. The van der Waals surface area contributed by atoms with Gasteiger partial charge in [0.1, 0.15) is 16.6 Å². The summed E-state index contributed by atoms with van der Waals surface area (Å²) in [5.41, 5.74) is -0.665. The molecule has 2 aromatic rings. The molecule has 170 valence electrons. The SMILES string of the molecule is O=c1[nH]cc(Cl)c(=O)n1CCCN1CCN(c2ccc(F)cc2OCC(F)(F)F)CC1. The summed E-state index contributed by atoms with van der Waals surface area (Å²) in [6.07, 6.45) is -2.82. The monoisotopic (exact) mass is 464 g/mol. The largest absolute Gasteiger partial charge is 0.482 e. The Balaban J connectivity index is 1.55. The maximum absolute atomic E-state index is 13.5. The fourth-order valence-corrected chi connectivity index (χ4v) is 3.53. The van der Waals surface area contributed by atoms with Crippen molar-refractivity contribution in [3.05, 3.63) is 56.1 Å². The van der Waals surface area contributed by atoms with Crippen LogP contribution in [0.1, 0.15) is 6.42 Å². The first-order chi connectivity index (χ1) is 14.6. The van der Waals surface area contributed by atoms with Crippen molar-refractivity contribution in [2.45, 2.75) is 19.1 Å². The fourth-order valence-electron chi connectivity index (χ4n) is 3.38. The molecule has 0 amide bonds. The Morgan fingerprint density at radius 3 is 2.48 bits per heavy atom. The van der Waals surface area contributed by atoms with Gasteiger partial charge in [-0.25, -0.2) is 9.18 Å². The van der Waals surface area contributed by atoms with Crippen molar-refractivity contribution >= 4 is 17.3 Å². The zero-order chi connectivity index (χ0) is 22.6. The minimum atomic E-state index is -4.52. The molecule has 1 saturated heterocycles. The van der Waals surface area contributed by atoms with Crippen molar-refractivity contribution in [3.8, 4) is 5.75 Å². The van der Waals surface area contributed by atoms with Gasteiger partial charge in [-0.1, -0.05) is 11.6 Å². The standard InChI is InChI=1S/C19H21ClF4N4O3/c20-14-11-25-18(30)28(17(14)29)5-1-4-26-6-8-27(9-7-26)15-3-2-13(21)10-16(15)31-12-19(22,23)24/h2-3,10-11H,1,4-9,12H2,(H,25,30). The van der Waals surface area contributed by atoms with Gasteiger partial charge in [-0.05, 0) is 25.1 Å². The van der Waals surface area contributed by atoms with Crippen LogP contribution in [0.25, 0.3) is 0 Å². The molecule has 1 fully saturated rings. The number of benzene rings is 1. The molecule has 31 heavy (non-hydrogen) atoms. The molecule has 1 aliphatic heterocycles. The highest BCUT2D eigenvalue weighted by molar-refractivity contribution is 6.30. The van der Waals surface area contributed by atoms with Crippen molar-refractivity contribution in [1.29, 1.82) is 0 Å². The third kappa shape index (κ3) is 6.23. The zero-order valence-corrected chi connectivity index (χ0v) is 17.2. The van der Waals surface area contributed by atoms with E-state index in [0.717, 1.165) is 16.8 Å². The molecule has 1 aromatic carbocycles. The maximum atomic E-state index is 13.5. The Bertz CT molecular complexity index is 1020. The van der Waals surface area contributed by atoms with E-state index >= 15 is 0 Å². The predicted octanol–water partition coefficient (Wildman–Crippen LogP) is 2.48. The van der Waals surface area contributed by atoms with E-state index < -0.39 is 29.8 Å². The zero-order valence-electron chi connectivity index (χ0n) is 16.4. The number of aromatic amines is 1. The number of alkyl halides is 3. The average Bonchev–Trinajstić information content (AvgIpc) is 2.72. The summed E-state index contributed by atoms with van der Waals surface area (Å²) in [4.78, 5) is 30.0. The summed E-state index contributed by atoms with van der Waals surface area (Å²) in [6.45, 7) is 1.56. The van der Waals surface area contributed by atoms with Crippen LogP contribution in [0, 0.1) is 5.82 Å².